The van der Waals surface area contributed by atoms with Crippen LogP contribution in [0.3, 0.4) is 0 Å². The van der Waals surface area contributed by atoms with Gasteiger partial charge in [-0.3, -0.25) is 9.59 Å². The number of amides is 2. The second-order valence-corrected chi connectivity index (χ2v) is 8.30. The lowest BCUT2D eigenvalue weighted by Gasteiger charge is -2.20. The summed E-state index contributed by atoms with van der Waals surface area (Å²) in [5, 5.41) is 14.3. The lowest BCUT2D eigenvalue weighted by atomic mass is 9.98. The van der Waals surface area contributed by atoms with Gasteiger partial charge in [-0.05, 0) is 27.8 Å². The van der Waals surface area contributed by atoms with Gasteiger partial charge in [-0.15, -0.1) is 0 Å². The Hall–Kier alpha value is -4.13. The molecule has 0 fully saturated rings. The molecule has 7 nitrogen and oxygen atoms in total. The molecule has 0 saturated carbocycles. The van der Waals surface area contributed by atoms with Gasteiger partial charge < -0.3 is 20.5 Å². The number of fused-ring (bicyclic) bond motifs is 3. The average Bonchev–Trinajstić information content (AvgIpc) is 3.18. The van der Waals surface area contributed by atoms with Crippen molar-refractivity contribution >= 4 is 18.0 Å². The fourth-order valence-corrected chi connectivity index (χ4v) is 4.15. The highest BCUT2D eigenvalue weighted by atomic mass is 16.5. The Morgan fingerprint density at radius 2 is 1.44 bits per heavy atom. The van der Waals surface area contributed by atoms with E-state index < -0.39 is 29.9 Å². The van der Waals surface area contributed by atoms with E-state index in [-0.39, 0.29) is 19.1 Å². The minimum absolute atomic E-state index is 0.0517. The Labute approximate surface area is 197 Å². The van der Waals surface area contributed by atoms with Crippen molar-refractivity contribution in [2.24, 2.45) is 5.92 Å². The monoisotopic (exact) mass is 458 g/mol. The molecule has 7 heteroatoms. The van der Waals surface area contributed by atoms with Gasteiger partial charge in [0.1, 0.15) is 12.6 Å². The van der Waals surface area contributed by atoms with Crippen LogP contribution in [-0.2, 0) is 14.3 Å². The number of aliphatic carboxylic acids is 1. The maximum absolute atomic E-state index is 12.8. The molecule has 1 aliphatic rings. The van der Waals surface area contributed by atoms with E-state index in [4.69, 9.17) is 9.84 Å². The van der Waals surface area contributed by atoms with Gasteiger partial charge in [-0.25, -0.2) is 4.79 Å². The van der Waals surface area contributed by atoms with E-state index in [9.17, 15) is 14.4 Å². The van der Waals surface area contributed by atoms with Gasteiger partial charge in [0.05, 0.1) is 5.92 Å². The lowest BCUT2D eigenvalue weighted by Crippen LogP contribution is -2.42. The number of carboxylic acids is 1. The van der Waals surface area contributed by atoms with E-state index in [1.165, 1.54) is 6.92 Å². The summed E-state index contributed by atoms with van der Waals surface area (Å²) >= 11 is 0. The molecule has 0 bridgehead atoms. The number of hydrogen-bond acceptors (Lipinski definition) is 4. The van der Waals surface area contributed by atoms with Crippen LogP contribution in [0.1, 0.15) is 35.6 Å². The molecule has 174 valence electrons. The van der Waals surface area contributed by atoms with Crippen LogP contribution in [-0.4, -0.2) is 36.2 Å². The molecule has 0 aromatic heterocycles. The molecular formula is C27H26N2O5. The molecule has 1 unspecified atom stereocenters. The third-order valence-electron chi connectivity index (χ3n) is 6.01. The van der Waals surface area contributed by atoms with Gasteiger partial charge in [-0.2, -0.15) is 0 Å². The first-order valence-electron chi connectivity index (χ1n) is 11.1. The van der Waals surface area contributed by atoms with Crippen LogP contribution in [0.2, 0.25) is 0 Å². The van der Waals surface area contributed by atoms with Crippen molar-refractivity contribution in [1.29, 1.82) is 0 Å². The van der Waals surface area contributed by atoms with Crippen LogP contribution in [0.4, 0.5) is 4.79 Å². The molecular weight excluding hydrogens is 432 g/mol. The van der Waals surface area contributed by atoms with E-state index in [1.54, 1.807) is 30.3 Å². The predicted octanol–water partition coefficient (Wildman–Crippen LogP) is 4.10. The summed E-state index contributed by atoms with van der Waals surface area (Å²) in [6.45, 7) is 1.57. The molecule has 3 N–H and O–H groups in total. The number of carbonyl (C=O) groups is 3. The van der Waals surface area contributed by atoms with Crippen molar-refractivity contribution < 1.29 is 24.2 Å². The molecule has 0 saturated heterocycles. The SMILES string of the molecule is CC(CNC(=O)[C@@H](NC(=O)OCC1c2ccccc2-c2ccccc21)c1ccccc1)C(=O)O. The highest BCUT2D eigenvalue weighted by Gasteiger charge is 2.30. The second kappa shape index (κ2) is 10.2. The summed E-state index contributed by atoms with van der Waals surface area (Å²) in [4.78, 5) is 36.6. The van der Waals surface area contributed by atoms with E-state index in [1.807, 2.05) is 36.4 Å². The number of alkyl carbamates (subject to hydrolysis) is 1. The molecule has 2 atom stereocenters. The average molecular weight is 459 g/mol. The quantitative estimate of drug-likeness (QED) is 0.471. The minimum atomic E-state index is -1.02. The zero-order valence-corrected chi connectivity index (χ0v) is 18.7. The Morgan fingerprint density at radius 3 is 2.03 bits per heavy atom. The minimum Gasteiger partial charge on any atom is -0.481 e. The van der Waals surface area contributed by atoms with Crippen LogP contribution in [0.25, 0.3) is 11.1 Å². The summed E-state index contributed by atoms with van der Waals surface area (Å²) in [6.07, 6.45) is -0.725. The van der Waals surface area contributed by atoms with Crippen LogP contribution in [0, 0.1) is 5.92 Å². The molecule has 1 aliphatic carbocycles. The summed E-state index contributed by atoms with van der Waals surface area (Å²) < 4.78 is 5.58. The van der Waals surface area contributed by atoms with Crippen LogP contribution < -0.4 is 10.6 Å². The molecule has 34 heavy (non-hydrogen) atoms. The molecule has 0 radical (unpaired) electrons. The zero-order valence-electron chi connectivity index (χ0n) is 18.7. The molecule has 0 spiro atoms. The first-order valence-corrected chi connectivity index (χ1v) is 11.1. The van der Waals surface area contributed by atoms with Gasteiger partial charge in [-0.1, -0.05) is 85.8 Å². The standard InChI is InChI=1S/C27H26N2O5/c1-17(26(31)32)15-28-25(30)24(18-9-3-2-4-10-18)29-27(33)34-16-23-21-13-7-5-11-19(21)20-12-6-8-14-22(20)23/h2-14,17,23-24H,15-16H2,1H3,(H,28,30)(H,29,33)(H,31,32)/t17?,24-/m0/s1. The van der Waals surface area contributed by atoms with Crippen molar-refractivity contribution in [3.63, 3.8) is 0 Å². The van der Waals surface area contributed by atoms with Crippen molar-refractivity contribution in [2.75, 3.05) is 13.2 Å². The molecule has 4 rings (SSSR count). The Morgan fingerprint density at radius 1 is 0.882 bits per heavy atom. The topological polar surface area (TPSA) is 105 Å². The first kappa shape index (κ1) is 23.0. The summed E-state index contributed by atoms with van der Waals surface area (Å²) in [7, 11) is 0. The number of carbonyl (C=O) groups excluding carboxylic acids is 2. The zero-order chi connectivity index (χ0) is 24.1. The predicted molar refractivity (Wildman–Crippen MR) is 127 cm³/mol. The number of carboxylic acid groups (broad SMARTS) is 1. The fraction of sp³-hybridized carbons (Fsp3) is 0.222. The number of hydrogen-bond donors (Lipinski definition) is 3. The van der Waals surface area contributed by atoms with Gasteiger partial charge in [0.25, 0.3) is 0 Å². The van der Waals surface area contributed by atoms with Crippen LogP contribution in [0.15, 0.2) is 78.9 Å². The normalized spacial score (nSPS) is 13.8. The Bertz CT molecular complexity index is 1150. The van der Waals surface area contributed by atoms with Crippen molar-refractivity contribution in [3.8, 4) is 11.1 Å². The van der Waals surface area contributed by atoms with Crippen molar-refractivity contribution in [2.45, 2.75) is 18.9 Å². The van der Waals surface area contributed by atoms with Crippen LogP contribution >= 0.6 is 0 Å². The van der Waals surface area contributed by atoms with Gasteiger partial charge in [0.2, 0.25) is 5.91 Å². The molecule has 3 aromatic carbocycles. The first-order chi connectivity index (χ1) is 16.5. The van der Waals surface area contributed by atoms with Gasteiger partial charge >= 0.3 is 12.1 Å². The molecule has 0 heterocycles. The maximum atomic E-state index is 12.8. The van der Waals surface area contributed by atoms with E-state index >= 15 is 0 Å². The third kappa shape index (κ3) is 4.93. The summed E-state index contributed by atoms with van der Waals surface area (Å²) in [5.41, 5.74) is 5.01. The maximum Gasteiger partial charge on any atom is 0.408 e. The largest absolute Gasteiger partial charge is 0.481 e. The van der Waals surface area contributed by atoms with E-state index in [2.05, 4.69) is 22.8 Å². The Kier molecular flexibility index (Phi) is 6.92. The van der Waals surface area contributed by atoms with Gasteiger partial charge in [0, 0.05) is 12.5 Å². The molecule has 3 aromatic rings. The smallest absolute Gasteiger partial charge is 0.408 e. The van der Waals surface area contributed by atoms with Crippen LogP contribution in [0.5, 0.6) is 0 Å². The highest BCUT2D eigenvalue weighted by molar-refractivity contribution is 5.87. The third-order valence-corrected chi connectivity index (χ3v) is 6.01. The van der Waals surface area contributed by atoms with Crippen molar-refractivity contribution in [3.05, 3.63) is 95.6 Å². The lowest BCUT2D eigenvalue weighted by molar-refractivity contribution is -0.141. The Balaban J connectivity index is 1.45. The molecule has 0 aliphatic heterocycles. The highest BCUT2D eigenvalue weighted by Crippen LogP contribution is 2.44. The fourth-order valence-electron chi connectivity index (χ4n) is 4.15. The number of benzene rings is 3. The number of ether oxygens (including phenoxy) is 1. The second-order valence-electron chi connectivity index (χ2n) is 8.30. The van der Waals surface area contributed by atoms with Crippen molar-refractivity contribution in [1.82, 2.24) is 10.6 Å². The van der Waals surface area contributed by atoms with Gasteiger partial charge in [0.15, 0.2) is 0 Å². The number of rotatable bonds is 8. The molecule has 2 amide bonds. The summed E-state index contributed by atoms with van der Waals surface area (Å²) in [6, 6.07) is 23.8. The summed E-state index contributed by atoms with van der Waals surface area (Å²) in [5.74, 6) is -2.37. The number of nitrogens with one attached hydrogen (secondary N) is 2. The van der Waals surface area contributed by atoms with E-state index in [0.717, 1.165) is 22.3 Å². The van der Waals surface area contributed by atoms with E-state index in [0.29, 0.717) is 5.56 Å².